The normalized spacial score (nSPS) is 10.8. The van der Waals surface area contributed by atoms with Crippen molar-refractivity contribution in [1.82, 2.24) is 14.3 Å². The fourth-order valence-electron chi connectivity index (χ4n) is 2.51. The van der Waals surface area contributed by atoms with Gasteiger partial charge in [-0.2, -0.15) is 5.10 Å². The molecule has 2 heterocycles. The molecular formula is C18H15BrFN3O2. The third kappa shape index (κ3) is 3.93. The molecule has 25 heavy (non-hydrogen) atoms. The van der Waals surface area contributed by atoms with Gasteiger partial charge < -0.3 is 4.57 Å². The van der Waals surface area contributed by atoms with Gasteiger partial charge >= 0.3 is 0 Å². The molecule has 0 saturated heterocycles. The zero-order chi connectivity index (χ0) is 18.0. The van der Waals surface area contributed by atoms with Gasteiger partial charge in [-0.15, -0.1) is 0 Å². The van der Waals surface area contributed by atoms with E-state index in [4.69, 9.17) is 0 Å². The first-order valence-electron chi connectivity index (χ1n) is 7.60. The van der Waals surface area contributed by atoms with Crippen LogP contribution in [0, 0.1) is 12.7 Å². The summed E-state index contributed by atoms with van der Waals surface area (Å²) in [4.78, 5) is 24.4. The van der Waals surface area contributed by atoms with E-state index < -0.39 is 0 Å². The molecule has 1 aromatic carbocycles. The fourth-order valence-corrected chi connectivity index (χ4v) is 2.89. The maximum absolute atomic E-state index is 13.0. The number of aromatic nitrogens is 3. The highest BCUT2D eigenvalue weighted by atomic mass is 79.9. The lowest BCUT2D eigenvalue weighted by Crippen LogP contribution is -2.23. The fraction of sp³-hybridized carbons (Fsp3) is 0.167. The van der Waals surface area contributed by atoms with Gasteiger partial charge in [0.2, 0.25) is 0 Å². The van der Waals surface area contributed by atoms with Crippen molar-refractivity contribution in [3.8, 4) is 0 Å². The third-order valence-electron chi connectivity index (χ3n) is 3.91. The second-order valence-corrected chi connectivity index (χ2v) is 6.58. The summed E-state index contributed by atoms with van der Waals surface area (Å²) in [5, 5.41) is 4.24. The number of nitrogens with zero attached hydrogens (tertiary/aromatic N) is 3. The molecule has 128 valence electrons. The van der Waals surface area contributed by atoms with Crippen LogP contribution in [-0.2, 0) is 13.1 Å². The highest BCUT2D eigenvalue weighted by Crippen LogP contribution is 2.13. The van der Waals surface area contributed by atoms with Gasteiger partial charge in [0.25, 0.3) is 5.56 Å². The van der Waals surface area contributed by atoms with E-state index in [1.54, 1.807) is 36.0 Å². The molecule has 2 aromatic heterocycles. The summed E-state index contributed by atoms with van der Waals surface area (Å²) in [5.74, 6) is -0.487. The van der Waals surface area contributed by atoms with Crippen molar-refractivity contribution < 1.29 is 9.18 Å². The molecule has 0 N–H and O–H groups in total. The van der Waals surface area contributed by atoms with Crippen molar-refractivity contribution in [2.45, 2.75) is 20.0 Å². The average Bonchev–Trinajstić information content (AvgIpc) is 2.94. The molecule has 0 unspecified atom stereocenters. The van der Waals surface area contributed by atoms with Crippen LogP contribution in [0.15, 0.2) is 58.1 Å². The minimum absolute atomic E-state index is 0.0542. The van der Waals surface area contributed by atoms with Crippen LogP contribution in [0.5, 0.6) is 0 Å². The van der Waals surface area contributed by atoms with E-state index in [1.165, 1.54) is 29.0 Å². The van der Waals surface area contributed by atoms with Crippen molar-refractivity contribution in [1.29, 1.82) is 0 Å². The maximum Gasteiger partial charge on any atom is 0.251 e. The number of halogens is 2. The van der Waals surface area contributed by atoms with Crippen molar-refractivity contribution in [2.24, 2.45) is 0 Å². The first-order valence-corrected chi connectivity index (χ1v) is 8.39. The number of carbonyl (C=O) groups is 1. The van der Waals surface area contributed by atoms with E-state index in [1.807, 2.05) is 0 Å². The van der Waals surface area contributed by atoms with E-state index >= 15 is 0 Å². The lowest BCUT2D eigenvalue weighted by Gasteiger charge is -2.07. The molecule has 0 aliphatic rings. The molecule has 3 aromatic rings. The van der Waals surface area contributed by atoms with Crippen LogP contribution in [0.1, 0.15) is 21.6 Å². The first kappa shape index (κ1) is 17.3. The van der Waals surface area contributed by atoms with Crippen LogP contribution in [0.4, 0.5) is 4.39 Å². The predicted octanol–water partition coefficient (Wildman–Crippen LogP) is 3.19. The number of rotatable bonds is 5. The summed E-state index contributed by atoms with van der Waals surface area (Å²) in [6.07, 6.45) is 3.09. The lowest BCUT2D eigenvalue weighted by molar-refractivity contribution is 0.0970. The van der Waals surface area contributed by atoms with Crippen LogP contribution in [0.25, 0.3) is 0 Å². The van der Waals surface area contributed by atoms with E-state index in [2.05, 4.69) is 21.0 Å². The highest BCUT2D eigenvalue weighted by molar-refractivity contribution is 9.10. The van der Waals surface area contributed by atoms with E-state index in [9.17, 15) is 14.0 Å². The van der Waals surface area contributed by atoms with E-state index in [-0.39, 0.29) is 23.7 Å². The van der Waals surface area contributed by atoms with Gasteiger partial charge in [0, 0.05) is 22.4 Å². The molecule has 0 aliphatic carbocycles. The summed E-state index contributed by atoms with van der Waals surface area (Å²) in [6, 6.07) is 9.18. The molecule has 0 amide bonds. The second kappa shape index (κ2) is 7.14. The number of ketones is 1. The molecule has 0 bridgehead atoms. The average molecular weight is 404 g/mol. The summed E-state index contributed by atoms with van der Waals surface area (Å²) >= 11 is 3.29. The van der Waals surface area contributed by atoms with Crippen molar-refractivity contribution >= 4 is 21.7 Å². The number of hydrogen-bond acceptors (Lipinski definition) is 3. The standard InChI is InChI=1S/C18H15BrFN3O2/c1-12-16(17(24)11-22-10-14(19)4-7-18(22)25)8-21-23(12)9-13-2-5-15(20)6-3-13/h2-8,10H,9,11H2,1H3. The number of hydrogen-bond donors (Lipinski definition) is 0. The first-order chi connectivity index (χ1) is 11.9. The molecule has 3 rings (SSSR count). The molecule has 0 fully saturated rings. The molecular weight excluding hydrogens is 389 g/mol. The van der Waals surface area contributed by atoms with Crippen LogP contribution >= 0.6 is 15.9 Å². The maximum atomic E-state index is 13.0. The van der Waals surface area contributed by atoms with Gasteiger partial charge in [-0.3, -0.25) is 14.3 Å². The SMILES string of the molecule is Cc1c(C(=O)Cn2cc(Br)ccc2=O)cnn1Cc1ccc(F)cc1. The monoisotopic (exact) mass is 403 g/mol. The Labute approximate surface area is 151 Å². The molecule has 0 spiro atoms. The Balaban J connectivity index is 1.80. The Morgan fingerprint density at radius 1 is 1.20 bits per heavy atom. The molecule has 5 nitrogen and oxygen atoms in total. The van der Waals surface area contributed by atoms with Gasteiger partial charge in [-0.1, -0.05) is 12.1 Å². The Morgan fingerprint density at radius 3 is 2.64 bits per heavy atom. The minimum Gasteiger partial charge on any atom is -0.307 e. The predicted molar refractivity (Wildman–Crippen MR) is 95.2 cm³/mol. The van der Waals surface area contributed by atoms with E-state index in [0.717, 1.165) is 10.0 Å². The van der Waals surface area contributed by atoms with Crippen LogP contribution in [0.2, 0.25) is 0 Å². The van der Waals surface area contributed by atoms with Gasteiger partial charge in [-0.05, 0) is 46.6 Å². The summed E-state index contributed by atoms with van der Waals surface area (Å²) < 4.78 is 16.7. The lowest BCUT2D eigenvalue weighted by atomic mass is 10.1. The van der Waals surface area contributed by atoms with Crippen molar-refractivity contribution in [3.05, 3.63) is 86.3 Å². The number of benzene rings is 1. The van der Waals surface area contributed by atoms with Gasteiger partial charge in [0.15, 0.2) is 5.78 Å². The van der Waals surface area contributed by atoms with Crippen molar-refractivity contribution in [2.75, 3.05) is 0 Å². The zero-order valence-corrected chi connectivity index (χ0v) is 15.0. The van der Waals surface area contributed by atoms with Gasteiger partial charge in [0.05, 0.1) is 24.8 Å². The van der Waals surface area contributed by atoms with Gasteiger partial charge in [-0.25, -0.2) is 4.39 Å². The van der Waals surface area contributed by atoms with Crippen LogP contribution in [0.3, 0.4) is 0 Å². The van der Waals surface area contributed by atoms with E-state index in [0.29, 0.717) is 17.8 Å². The largest absolute Gasteiger partial charge is 0.307 e. The van der Waals surface area contributed by atoms with Gasteiger partial charge in [0.1, 0.15) is 5.82 Å². The second-order valence-electron chi connectivity index (χ2n) is 5.66. The smallest absolute Gasteiger partial charge is 0.251 e. The minimum atomic E-state index is -0.295. The summed E-state index contributed by atoms with van der Waals surface area (Å²) in [7, 11) is 0. The Kier molecular flexibility index (Phi) is 4.94. The molecule has 0 atom stereocenters. The third-order valence-corrected chi connectivity index (χ3v) is 4.38. The Hall–Kier alpha value is -2.54. The van der Waals surface area contributed by atoms with Crippen LogP contribution in [-0.4, -0.2) is 20.1 Å². The summed E-state index contributed by atoms with van der Waals surface area (Å²) in [6.45, 7) is 2.19. The Morgan fingerprint density at radius 2 is 1.92 bits per heavy atom. The molecule has 0 saturated carbocycles. The highest BCUT2D eigenvalue weighted by Gasteiger charge is 2.15. The van der Waals surface area contributed by atoms with Crippen LogP contribution < -0.4 is 5.56 Å². The number of Topliss-reactive ketones (excluding diaryl/α,β-unsaturated/α-hetero) is 1. The number of pyridine rings is 1. The Bertz CT molecular complexity index is 977. The molecule has 0 aliphatic heterocycles. The quantitative estimate of drug-likeness (QED) is 0.614. The molecule has 0 radical (unpaired) electrons. The topological polar surface area (TPSA) is 56.9 Å². The molecule has 7 heteroatoms. The zero-order valence-electron chi connectivity index (χ0n) is 13.4. The number of carbonyl (C=O) groups excluding carboxylic acids is 1. The summed E-state index contributed by atoms with van der Waals surface area (Å²) in [5.41, 5.74) is 1.81. The van der Waals surface area contributed by atoms with Crippen molar-refractivity contribution in [3.63, 3.8) is 0 Å².